The fourth-order valence-corrected chi connectivity index (χ4v) is 2.02. The van der Waals surface area contributed by atoms with E-state index >= 15 is 0 Å². The maximum absolute atomic E-state index is 11.7. The highest BCUT2D eigenvalue weighted by molar-refractivity contribution is 6.29. The van der Waals surface area contributed by atoms with E-state index in [9.17, 15) is 9.59 Å². The number of amides is 2. The molecule has 1 aromatic rings. The van der Waals surface area contributed by atoms with Gasteiger partial charge in [0.25, 0.3) is 0 Å². The molecule has 2 heterocycles. The van der Waals surface area contributed by atoms with Crippen LogP contribution in [0.3, 0.4) is 0 Å². The van der Waals surface area contributed by atoms with Crippen molar-refractivity contribution in [2.24, 2.45) is 0 Å². The lowest BCUT2D eigenvalue weighted by atomic mass is 9.96. The van der Waals surface area contributed by atoms with Gasteiger partial charge in [0.1, 0.15) is 22.8 Å². The summed E-state index contributed by atoms with van der Waals surface area (Å²) in [4.78, 5) is 31.4. The SMILES string of the molecule is CC(C)(C)c1nc(Cl)cc(NC2CCC(=O)NC2=O)n1. The molecule has 6 nitrogen and oxygen atoms in total. The molecule has 1 saturated heterocycles. The fourth-order valence-electron chi connectivity index (χ4n) is 1.84. The molecule has 108 valence electrons. The lowest BCUT2D eigenvalue weighted by molar-refractivity contribution is -0.133. The molecule has 20 heavy (non-hydrogen) atoms. The van der Waals surface area contributed by atoms with Crippen LogP contribution in [0.1, 0.15) is 39.4 Å². The number of halogens is 1. The number of nitrogens with one attached hydrogen (secondary N) is 2. The lowest BCUT2D eigenvalue weighted by Crippen LogP contribution is -2.47. The van der Waals surface area contributed by atoms with E-state index in [2.05, 4.69) is 20.6 Å². The number of carbonyl (C=O) groups is 2. The molecular weight excluding hydrogens is 280 g/mol. The smallest absolute Gasteiger partial charge is 0.249 e. The molecule has 0 bridgehead atoms. The molecule has 0 aliphatic carbocycles. The van der Waals surface area contributed by atoms with E-state index in [1.54, 1.807) is 6.07 Å². The minimum Gasteiger partial charge on any atom is -0.358 e. The van der Waals surface area contributed by atoms with Gasteiger partial charge in [-0.05, 0) is 6.42 Å². The van der Waals surface area contributed by atoms with Gasteiger partial charge < -0.3 is 5.32 Å². The van der Waals surface area contributed by atoms with E-state index in [-0.39, 0.29) is 17.2 Å². The van der Waals surface area contributed by atoms with Crippen LogP contribution in [-0.2, 0) is 15.0 Å². The van der Waals surface area contributed by atoms with Crippen molar-refractivity contribution in [3.05, 3.63) is 17.0 Å². The second-order valence-electron chi connectivity index (χ2n) is 5.80. The quantitative estimate of drug-likeness (QED) is 0.640. The summed E-state index contributed by atoms with van der Waals surface area (Å²) in [5, 5.41) is 5.62. The monoisotopic (exact) mass is 296 g/mol. The van der Waals surface area contributed by atoms with E-state index in [0.717, 1.165) is 0 Å². The Hall–Kier alpha value is -1.69. The van der Waals surface area contributed by atoms with Crippen LogP contribution in [0, 0.1) is 0 Å². The van der Waals surface area contributed by atoms with E-state index in [1.807, 2.05) is 20.8 Å². The van der Waals surface area contributed by atoms with E-state index in [4.69, 9.17) is 11.6 Å². The lowest BCUT2D eigenvalue weighted by Gasteiger charge is -2.23. The first-order valence-electron chi connectivity index (χ1n) is 6.41. The molecule has 2 N–H and O–H groups in total. The summed E-state index contributed by atoms with van der Waals surface area (Å²) in [5.41, 5.74) is -0.244. The third-order valence-corrected chi connectivity index (χ3v) is 3.12. The van der Waals surface area contributed by atoms with Crippen LogP contribution in [0.4, 0.5) is 5.82 Å². The first-order chi connectivity index (χ1) is 9.25. The topological polar surface area (TPSA) is 84.0 Å². The molecule has 1 fully saturated rings. The fraction of sp³-hybridized carbons (Fsp3) is 0.538. The molecule has 1 aliphatic rings. The van der Waals surface area contributed by atoms with Crippen molar-refractivity contribution < 1.29 is 9.59 Å². The number of nitrogens with zero attached hydrogens (tertiary/aromatic N) is 2. The summed E-state index contributed by atoms with van der Waals surface area (Å²) in [6.45, 7) is 5.94. The molecule has 0 radical (unpaired) electrons. The van der Waals surface area contributed by atoms with E-state index in [1.165, 1.54) is 0 Å². The third kappa shape index (κ3) is 3.45. The van der Waals surface area contributed by atoms with Gasteiger partial charge in [-0.3, -0.25) is 14.9 Å². The molecule has 2 rings (SSSR count). The number of hydrogen-bond acceptors (Lipinski definition) is 5. The van der Waals surface area contributed by atoms with E-state index < -0.39 is 6.04 Å². The molecule has 1 aromatic heterocycles. The van der Waals surface area contributed by atoms with Gasteiger partial charge in [0, 0.05) is 17.9 Å². The number of piperidine rings is 1. The van der Waals surface area contributed by atoms with Crippen LogP contribution in [0.25, 0.3) is 0 Å². The zero-order valence-electron chi connectivity index (χ0n) is 11.7. The van der Waals surface area contributed by atoms with Crippen molar-refractivity contribution >= 4 is 29.2 Å². The molecule has 0 aromatic carbocycles. The van der Waals surface area contributed by atoms with Gasteiger partial charge in [0.2, 0.25) is 11.8 Å². The van der Waals surface area contributed by atoms with Gasteiger partial charge in [-0.15, -0.1) is 0 Å². The maximum Gasteiger partial charge on any atom is 0.249 e. The molecule has 1 unspecified atom stereocenters. The zero-order chi connectivity index (χ0) is 14.9. The van der Waals surface area contributed by atoms with Crippen LogP contribution in [-0.4, -0.2) is 27.8 Å². The first kappa shape index (κ1) is 14.7. The minimum absolute atomic E-state index is 0.244. The Morgan fingerprint density at radius 3 is 2.65 bits per heavy atom. The van der Waals surface area contributed by atoms with Gasteiger partial charge >= 0.3 is 0 Å². The number of anilines is 1. The Balaban J connectivity index is 2.19. The summed E-state index contributed by atoms with van der Waals surface area (Å²) in [6, 6.07) is 1.09. The molecule has 0 spiro atoms. The largest absolute Gasteiger partial charge is 0.358 e. The van der Waals surface area contributed by atoms with E-state index in [0.29, 0.717) is 29.6 Å². The van der Waals surface area contributed by atoms with Gasteiger partial charge in [-0.1, -0.05) is 32.4 Å². The number of rotatable bonds is 2. The first-order valence-corrected chi connectivity index (χ1v) is 6.79. The number of imide groups is 1. The molecule has 1 atom stereocenters. The highest BCUT2D eigenvalue weighted by Gasteiger charge is 2.27. The van der Waals surface area contributed by atoms with Crippen LogP contribution < -0.4 is 10.6 Å². The Morgan fingerprint density at radius 1 is 1.35 bits per heavy atom. The van der Waals surface area contributed by atoms with Crippen molar-refractivity contribution in [3.8, 4) is 0 Å². The van der Waals surface area contributed by atoms with Gasteiger partial charge in [-0.2, -0.15) is 0 Å². The standard InChI is InChI=1S/C13H17ClN4O2/c1-13(2,3)12-16-8(14)6-9(17-12)15-7-4-5-10(19)18-11(7)20/h6-7H,4-5H2,1-3H3,(H,15,16,17)(H,18,19,20). The van der Waals surface area contributed by atoms with Crippen molar-refractivity contribution in [2.45, 2.75) is 45.1 Å². The third-order valence-electron chi connectivity index (χ3n) is 2.93. The summed E-state index contributed by atoms with van der Waals surface area (Å²) in [7, 11) is 0. The Kier molecular flexibility index (Phi) is 3.94. The van der Waals surface area contributed by atoms with Crippen molar-refractivity contribution in [1.82, 2.24) is 15.3 Å². The number of carbonyl (C=O) groups excluding carboxylic acids is 2. The van der Waals surface area contributed by atoms with Crippen LogP contribution in [0.2, 0.25) is 5.15 Å². The molecule has 7 heteroatoms. The summed E-state index contributed by atoms with van der Waals surface area (Å²) in [5.74, 6) is 0.502. The molecule has 1 aliphatic heterocycles. The van der Waals surface area contributed by atoms with Crippen LogP contribution in [0.5, 0.6) is 0 Å². The average molecular weight is 297 g/mol. The maximum atomic E-state index is 11.7. The summed E-state index contributed by atoms with van der Waals surface area (Å²) >= 11 is 5.99. The van der Waals surface area contributed by atoms with Crippen LogP contribution >= 0.6 is 11.6 Å². The highest BCUT2D eigenvalue weighted by Crippen LogP contribution is 2.23. The molecule has 2 amide bonds. The Labute approximate surface area is 122 Å². The second kappa shape index (κ2) is 5.36. The van der Waals surface area contributed by atoms with Crippen molar-refractivity contribution in [3.63, 3.8) is 0 Å². The van der Waals surface area contributed by atoms with Gasteiger partial charge in [0.15, 0.2) is 0 Å². The number of aromatic nitrogens is 2. The predicted octanol–water partition coefficient (Wildman–Crippen LogP) is 1.64. The van der Waals surface area contributed by atoms with Gasteiger partial charge in [-0.25, -0.2) is 9.97 Å². The summed E-state index contributed by atoms with van der Waals surface area (Å²) < 4.78 is 0. The second-order valence-corrected chi connectivity index (χ2v) is 6.18. The predicted molar refractivity (Wildman–Crippen MR) is 75.5 cm³/mol. The van der Waals surface area contributed by atoms with Gasteiger partial charge in [0.05, 0.1) is 0 Å². The van der Waals surface area contributed by atoms with Crippen molar-refractivity contribution in [2.75, 3.05) is 5.32 Å². The number of hydrogen-bond donors (Lipinski definition) is 2. The Bertz CT molecular complexity index is 554. The summed E-state index contributed by atoms with van der Waals surface area (Å²) in [6.07, 6.45) is 0.755. The Morgan fingerprint density at radius 2 is 2.05 bits per heavy atom. The molecule has 0 saturated carbocycles. The molecular formula is C13H17ClN4O2. The van der Waals surface area contributed by atoms with Crippen LogP contribution in [0.15, 0.2) is 6.07 Å². The minimum atomic E-state index is -0.480. The highest BCUT2D eigenvalue weighted by atomic mass is 35.5. The normalized spacial score (nSPS) is 19.7. The van der Waals surface area contributed by atoms with Crippen molar-refractivity contribution in [1.29, 1.82) is 0 Å². The average Bonchev–Trinajstić information content (AvgIpc) is 2.31. The zero-order valence-corrected chi connectivity index (χ0v) is 12.4.